The normalized spacial score (nSPS) is 10.6. The molecule has 4 heteroatoms. The summed E-state index contributed by atoms with van der Waals surface area (Å²) in [5.41, 5.74) is 5.40. The van der Waals surface area contributed by atoms with E-state index in [-0.39, 0.29) is 5.91 Å². The van der Waals surface area contributed by atoms with Crippen molar-refractivity contribution >= 4 is 11.6 Å². The molecular weight excluding hydrogens is 238 g/mol. The van der Waals surface area contributed by atoms with Gasteiger partial charge < -0.3 is 4.90 Å². The van der Waals surface area contributed by atoms with Crippen molar-refractivity contribution in [1.29, 1.82) is 0 Å². The van der Waals surface area contributed by atoms with Crippen LogP contribution < -0.4 is 4.90 Å². The molecule has 0 radical (unpaired) electrons. The first-order chi connectivity index (χ1) is 8.90. The van der Waals surface area contributed by atoms with Gasteiger partial charge in [0.2, 0.25) is 0 Å². The molecule has 19 heavy (non-hydrogen) atoms. The fraction of sp³-hybridized carbons (Fsp3) is 0.333. The zero-order valence-electron chi connectivity index (χ0n) is 12.0. The average molecular weight is 257 g/mol. The van der Waals surface area contributed by atoms with Crippen molar-refractivity contribution in [2.24, 2.45) is 0 Å². The van der Waals surface area contributed by atoms with Gasteiger partial charge in [-0.2, -0.15) is 5.10 Å². The standard InChI is InChI=1S/C15H19N3O/c1-9-6-10(2)8-13(7-9)18(5)15(19)14-11(3)16-17-12(14)4/h6-8H,1-5H3,(H,16,17). The Balaban J connectivity index is 2.39. The summed E-state index contributed by atoms with van der Waals surface area (Å²) in [5.74, 6) is -0.0336. The SMILES string of the molecule is Cc1cc(C)cc(N(C)C(=O)c2c(C)n[nH]c2C)c1. The topological polar surface area (TPSA) is 49.0 Å². The molecule has 0 atom stereocenters. The van der Waals surface area contributed by atoms with E-state index in [0.717, 1.165) is 28.2 Å². The highest BCUT2D eigenvalue weighted by atomic mass is 16.2. The second-order valence-corrected chi connectivity index (χ2v) is 5.02. The predicted molar refractivity (Wildman–Crippen MR) is 76.7 cm³/mol. The number of carbonyl (C=O) groups is 1. The molecule has 1 N–H and O–H groups in total. The lowest BCUT2D eigenvalue weighted by atomic mass is 10.1. The van der Waals surface area contributed by atoms with E-state index in [1.165, 1.54) is 0 Å². The minimum absolute atomic E-state index is 0.0336. The number of aromatic nitrogens is 2. The monoisotopic (exact) mass is 257 g/mol. The number of anilines is 1. The lowest BCUT2D eigenvalue weighted by Gasteiger charge is -2.18. The predicted octanol–water partition coefficient (Wildman–Crippen LogP) is 2.92. The zero-order chi connectivity index (χ0) is 14.2. The summed E-state index contributed by atoms with van der Waals surface area (Å²) in [6, 6.07) is 6.11. The van der Waals surface area contributed by atoms with E-state index in [2.05, 4.69) is 16.3 Å². The van der Waals surface area contributed by atoms with E-state index in [1.54, 1.807) is 11.9 Å². The number of amides is 1. The van der Waals surface area contributed by atoms with Crippen molar-refractivity contribution in [3.63, 3.8) is 0 Å². The number of benzene rings is 1. The van der Waals surface area contributed by atoms with Gasteiger partial charge in [0, 0.05) is 18.4 Å². The van der Waals surface area contributed by atoms with Crippen molar-refractivity contribution in [3.8, 4) is 0 Å². The maximum absolute atomic E-state index is 12.5. The first kappa shape index (κ1) is 13.3. The molecule has 1 aromatic carbocycles. The largest absolute Gasteiger partial charge is 0.311 e. The third-order valence-corrected chi connectivity index (χ3v) is 3.24. The summed E-state index contributed by atoms with van der Waals surface area (Å²) in [6.45, 7) is 7.76. The Hall–Kier alpha value is -2.10. The summed E-state index contributed by atoms with van der Waals surface area (Å²) in [7, 11) is 1.79. The average Bonchev–Trinajstić information content (AvgIpc) is 2.66. The number of carbonyl (C=O) groups excluding carboxylic acids is 1. The molecular formula is C15H19N3O. The fourth-order valence-electron chi connectivity index (χ4n) is 2.30. The third kappa shape index (κ3) is 2.52. The molecule has 2 rings (SSSR count). The molecule has 0 saturated carbocycles. The lowest BCUT2D eigenvalue weighted by Crippen LogP contribution is -2.27. The van der Waals surface area contributed by atoms with E-state index < -0.39 is 0 Å². The Morgan fingerprint density at radius 2 is 1.68 bits per heavy atom. The van der Waals surface area contributed by atoms with E-state index in [0.29, 0.717) is 5.56 Å². The van der Waals surface area contributed by atoms with Crippen molar-refractivity contribution in [2.45, 2.75) is 27.7 Å². The van der Waals surface area contributed by atoms with E-state index in [4.69, 9.17) is 0 Å². The van der Waals surface area contributed by atoms with Crippen LogP contribution in [0.15, 0.2) is 18.2 Å². The lowest BCUT2D eigenvalue weighted by molar-refractivity contribution is 0.0992. The van der Waals surface area contributed by atoms with Gasteiger partial charge in [-0.1, -0.05) is 6.07 Å². The van der Waals surface area contributed by atoms with Crippen LogP contribution in [-0.4, -0.2) is 23.2 Å². The Kier molecular flexibility index (Phi) is 3.42. The van der Waals surface area contributed by atoms with Crippen LogP contribution in [0.4, 0.5) is 5.69 Å². The number of nitrogens with zero attached hydrogens (tertiary/aromatic N) is 2. The molecule has 0 bridgehead atoms. The first-order valence-corrected chi connectivity index (χ1v) is 6.28. The Morgan fingerprint density at radius 1 is 1.11 bits per heavy atom. The van der Waals surface area contributed by atoms with Crippen LogP contribution in [0.25, 0.3) is 0 Å². The minimum atomic E-state index is -0.0336. The summed E-state index contributed by atoms with van der Waals surface area (Å²) in [5, 5.41) is 6.93. The van der Waals surface area contributed by atoms with Crippen molar-refractivity contribution in [3.05, 3.63) is 46.3 Å². The number of rotatable bonds is 2. The third-order valence-electron chi connectivity index (χ3n) is 3.24. The number of H-pyrrole nitrogens is 1. The molecule has 2 aromatic rings. The van der Waals surface area contributed by atoms with E-state index in [9.17, 15) is 4.79 Å². The highest BCUT2D eigenvalue weighted by molar-refractivity contribution is 6.07. The van der Waals surface area contributed by atoms with Crippen molar-refractivity contribution < 1.29 is 4.79 Å². The maximum Gasteiger partial charge on any atom is 0.261 e. The van der Waals surface area contributed by atoms with Crippen LogP contribution in [-0.2, 0) is 0 Å². The first-order valence-electron chi connectivity index (χ1n) is 6.28. The Morgan fingerprint density at radius 3 is 2.16 bits per heavy atom. The van der Waals surface area contributed by atoms with Crippen LogP contribution in [0.3, 0.4) is 0 Å². The van der Waals surface area contributed by atoms with Gasteiger partial charge >= 0.3 is 0 Å². The van der Waals surface area contributed by atoms with Gasteiger partial charge in [-0.25, -0.2) is 0 Å². The van der Waals surface area contributed by atoms with E-state index in [1.807, 2.05) is 39.8 Å². The second kappa shape index (κ2) is 4.88. The van der Waals surface area contributed by atoms with Gasteiger partial charge in [-0.05, 0) is 51.0 Å². The number of aryl methyl sites for hydroxylation is 4. The van der Waals surface area contributed by atoms with Gasteiger partial charge in [0.25, 0.3) is 5.91 Å². The number of hydrogen-bond acceptors (Lipinski definition) is 2. The summed E-state index contributed by atoms with van der Waals surface area (Å²) in [6.07, 6.45) is 0. The molecule has 100 valence electrons. The molecule has 0 aliphatic carbocycles. The number of hydrogen-bond donors (Lipinski definition) is 1. The van der Waals surface area contributed by atoms with Crippen LogP contribution in [0.1, 0.15) is 32.9 Å². The highest BCUT2D eigenvalue weighted by Crippen LogP contribution is 2.21. The second-order valence-electron chi connectivity index (χ2n) is 5.02. The molecule has 1 amide bonds. The fourth-order valence-corrected chi connectivity index (χ4v) is 2.30. The number of nitrogens with one attached hydrogen (secondary N) is 1. The van der Waals surface area contributed by atoms with Crippen LogP contribution in [0, 0.1) is 27.7 Å². The molecule has 0 spiro atoms. The molecule has 4 nitrogen and oxygen atoms in total. The van der Waals surface area contributed by atoms with Gasteiger partial charge in [0.05, 0.1) is 11.3 Å². The molecule has 0 unspecified atom stereocenters. The van der Waals surface area contributed by atoms with Gasteiger partial charge in [0.1, 0.15) is 0 Å². The summed E-state index contributed by atoms with van der Waals surface area (Å²) in [4.78, 5) is 14.2. The number of aromatic amines is 1. The molecule has 1 heterocycles. The van der Waals surface area contributed by atoms with E-state index >= 15 is 0 Å². The van der Waals surface area contributed by atoms with Gasteiger partial charge in [-0.15, -0.1) is 0 Å². The van der Waals surface area contributed by atoms with Crippen molar-refractivity contribution in [2.75, 3.05) is 11.9 Å². The molecule has 0 saturated heterocycles. The molecule has 0 fully saturated rings. The summed E-state index contributed by atoms with van der Waals surface area (Å²) < 4.78 is 0. The smallest absolute Gasteiger partial charge is 0.261 e. The quantitative estimate of drug-likeness (QED) is 0.899. The Bertz CT molecular complexity index is 589. The van der Waals surface area contributed by atoms with Crippen LogP contribution in [0.5, 0.6) is 0 Å². The van der Waals surface area contributed by atoms with Gasteiger partial charge in [0.15, 0.2) is 0 Å². The maximum atomic E-state index is 12.5. The minimum Gasteiger partial charge on any atom is -0.311 e. The highest BCUT2D eigenvalue weighted by Gasteiger charge is 2.20. The zero-order valence-corrected chi connectivity index (χ0v) is 12.0. The van der Waals surface area contributed by atoms with Crippen molar-refractivity contribution in [1.82, 2.24) is 10.2 Å². The Labute approximate surface area is 113 Å². The molecule has 1 aromatic heterocycles. The van der Waals surface area contributed by atoms with Crippen LogP contribution in [0.2, 0.25) is 0 Å². The van der Waals surface area contributed by atoms with Gasteiger partial charge in [-0.3, -0.25) is 9.89 Å². The van der Waals surface area contributed by atoms with Crippen LogP contribution >= 0.6 is 0 Å². The molecule has 0 aliphatic heterocycles. The molecule has 0 aliphatic rings. The summed E-state index contributed by atoms with van der Waals surface area (Å²) >= 11 is 0.